The molecule has 0 unspecified atom stereocenters. The van der Waals surface area contributed by atoms with E-state index < -0.39 is 0 Å². The summed E-state index contributed by atoms with van der Waals surface area (Å²) in [5, 5.41) is 6.45. The maximum Gasteiger partial charge on any atom is 0.164 e. The fraction of sp³-hybridized carbons (Fsp3) is 0. The van der Waals surface area contributed by atoms with Gasteiger partial charge < -0.3 is 8.83 Å². The molecule has 224 valence electrons. The summed E-state index contributed by atoms with van der Waals surface area (Å²) in [4.78, 5) is 14.9. The fourth-order valence-electron chi connectivity index (χ4n) is 6.83. The van der Waals surface area contributed by atoms with Crippen LogP contribution in [0.25, 0.3) is 99.9 Å². The number of benzene rings is 7. The molecule has 0 fully saturated rings. The molecular weight excluding hydrogens is 590 g/mol. The topological polar surface area (TPSA) is 65.0 Å². The third-order valence-corrected chi connectivity index (χ3v) is 9.11. The smallest absolute Gasteiger partial charge is 0.164 e. The third kappa shape index (κ3) is 4.22. The van der Waals surface area contributed by atoms with Crippen LogP contribution in [-0.2, 0) is 0 Å². The average molecular weight is 616 g/mol. The van der Waals surface area contributed by atoms with Crippen molar-refractivity contribution in [1.82, 2.24) is 15.0 Å². The number of hydrogen-bond acceptors (Lipinski definition) is 5. The van der Waals surface area contributed by atoms with Gasteiger partial charge in [0.25, 0.3) is 0 Å². The van der Waals surface area contributed by atoms with Gasteiger partial charge in [0.1, 0.15) is 22.3 Å². The van der Waals surface area contributed by atoms with Gasteiger partial charge in [-0.15, -0.1) is 0 Å². The zero-order valence-corrected chi connectivity index (χ0v) is 25.6. The molecule has 0 saturated carbocycles. The second-order valence-corrected chi connectivity index (χ2v) is 12.0. The summed E-state index contributed by atoms with van der Waals surface area (Å²) in [6.45, 7) is 0. The minimum Gasteiger partial charge on any atom is -0.456 e. The summed E-state index contributed by atoms with van der Waals surface area (Å²) in [6, 6.07) is 51.6. The van der Waals surface area contributed by atoms with Crippen LogP contribution in [0.1, 0.15) is 0 Å². The van der Waals surface area contributed by atoms with Gasteiger partial charge in [0.2, 0.25) is 0 Å². The molecule has 3 heterocycles. The van der Waals surface area contributed by atoms with E-state index in [-0.39, 0.29) is 0 Å². The maximum absolute atomic E-state index is 6.52. The zero-order chi connectivity index (χ0) is 31.6. The van der Waals surface area contributed by atoms with Gasteiger partial charge in [-0.1, -0.05) is 121 Å². The Morgan fingerprint density at radius 3 is 1.79 bits per heavy atom. The highest BCUT2D eigenvalue weighted by molar-refractivity contribution is 6.16. The minimum atomic E-state index is 0.602. The Balaban J connectivity index is 1.15. The van der Waals surface area contributed by atoms with E-state index >= 15 is 0 Å². The third-order valence-electron chi connectivity index (χ3n) is 9.11. The van der Waals surface area contributed by atoms with Gasteiger partial charge in [-0.2, -0.15) is 0 Å². The second kappa shape index (κ2) is 10.5. The molecule has 3 aromatic heterocycles. The van der Waals surface area contributed by atoms with Crippen LogP contribution in [0.5, 0.6) is 0 Å². The summed E-state index contributed by atoms with van der Waals surface area (Å²) in [7, 11) is 0. The highest BCUT2D eigenvalue weighted by atomic mass is 16.3. The second-order valence-electron chi connectivity index (χ2n) is 12.0. The van der Waals surface area contributed by atoms with E-state index in [0.717, 1.165) is 82.5 Å². The van der Waals surface area contributed by atoms with Crippen molar-refractivity contribution < 1.29 is 8.83 Å². The molecule has 0 amide bonds. The van der Waals surface area contributed by atoms with Gasteiger partial charge in [-0.3, -0.25) is 0 Å². The van der Waals surface area contributed by atoms with E-state index in [0.29, 0.717) is 17.5 Å². The van der Waals surface area contributed by atoms with Crippen molar-refractivity contribution in [2.24, 2.45) is 0 Å². The van der Waals surface area contributed by atoms with Crippen LogP contribution < -0.4 is 0 Å². The number of nitrogens with zero attached hydrogens (tertiary/aromatic N) is 3. The monoisotopic (exact) mass is 615 g/mol. The van der Waals surface area contributed by atoms with Gasteiger partial charge in [-0.05, 0) is 46.7 Å². The van der Waals surface area contributed by atoms with E-state index in [1.807, 2.05) is 84.9 Å². The molecule has 0 N–H and O–H groups in total. The Bertz CT molecular complexity index is 2780. The first-order valence-electron chi connectivity index (χ1n) is 15.9. The molecule has 5 heteroatoms. The summed E-state index contributed by atoms with van der Waals surface area (Å²) in [6.07, 6.45) is 0. The maximum atomic E-state index is 6.52. The van der Waals surface area contributed by atoms with Gasteiger partial charge in [-0.25, -0.2) is 15.0 Å². The number of fused-ring (bicyclic) bond motifs is 7. The van der Waals surface area contributed by atoms with Crippen molar-refractivity contribution in [3.05, 3.63) is 152 Å². The largest absolute Gasteiger partial charge is 0.456 e. The van der Waals surface area contributed by atoms with Gasteiger partial charge in [0.15, 0.2) is 17.5 Å². The summed E-state index contributed by atoms with van der Waals surface area (Å²) < 4.78 is 12.9. The van der Waals surface area contributed by atoms with E-state index in [1.54, 1.807) is 0 Å². The van der Waals surface area contributed by atoms with Crippen molar-refractivity contribution in [3.8, 4) is 45.3 Å². The predicted octanol–water partition coefficient (Wildman–Crippen LogP) is 11.5. The lowest BCUT2D eigenvalue weighted by Crippen LogP contribution is -2.00. The zero-order valence-electron chi connectivity index (χ0n) is 25.6. The lowest BCUT2D eigenvalue weighted by Gasteiger charge is -2.09. The van der Waals surface area contributed by atoms with Crippen LogP contribution in [0.3, 0.4) is 0 Å². The van der Waals surface area contributed by atoms with Crippen LogP contribution in [-0.4, -0.2) is 15.0 Å². The summed E-state index contributed by atoms with van der Waals surface area (Å²) in [5.41, 5.74) is 8.31. The molecule has 10 rings (SSSR count). The molecule has 0 atom stereocenters. The van der Waals surface area contributed by atoms with E-state index in [2.05, 4.69) is 66.7 Å². The van der Waals surface area contributed by atoms with Crippen LogP contribution in [0.2, 0.25) is 0 Å². The SMILES string of the molecule is c1ccc(-c2nc(-c3ccccc3)nc(-c3cccc4oc5cc6cc(-c7cccc8c7oc7ccccc78)ccc6cc5c34)n2)cc1. The Labute approximate surface area is 274 Å². The van der Waals surface area contributed by atoms with Crippen LogP contribution in [0.4, 0.5) is 0 Å². The molecular formula is C43H25N3O2. The summed E-state index contributed by atoms with van der Waals surface area (Å²) in [5.74, 6) is 1.86. The van der Waals surface area contributed by atoms with Gasteiger partial charge >= 0.3 is 0 Å². The number of aromatic nitrogens is 3. The van der Waals surface area contributed by atoms with Crippen molar-refractivity contribution in [1.29, 1.82) is 0 Å². The van der Waals surface area contributed by atoms with E-state index in [4.69, 9.17) is 23.8 Å². The minimum absolute atomic E-state index is 0.602. The standard InChI is InChI=1S/C43H25N3O2/c1-3-11-26(12-4-1)41-44-42(27-13-5-2-6-14-27)46-43(45-41)34-18-10-20-37-39(34)35-24-28-21-22-29(23-30(28)25-38(35)47-37)31-16-9-17-33-32-15-7-8-19-36(32)48-40(31)33/h1-25H. The normalized spacial score (nSPS) is 11.8. The first kappa shape index (κ1) is 26.6. The highest BCUT2D eigenvalue weighted by Gasteiger charge is 2.19. The quantitative estimate of drug-likeness (QED) is 0.197. The molecule has 48 heavy (non-hydrogen) atoms. The van der Waals surface area contributed by atoms with Gasteiger partial charge in [0, 0.05) is 43.8 Å². The Kier molecular flexibility index (Phi) is 5.81. The molecule has 5 nitrogen and oxygen atoms in total. The molecule has 0 saturated heterocycles. The first-order chi connectivity index (χ1) is 23.8. The van der Waals surface area contributed by atoms with Crippen molar-refractivity contribution in [2.45, 2.75) is 0 Å². The van der Waals surface area contributed by atoms with Crippen molar-refractivity contribution in [2.75, 3.05) is 0 Å². The Morgan fingerprint density at radius 1 is 0.354 bits per heavy atom. The molecule has 0 spiro atoms. The molecule has 0 bridgehead atoms. The van der Waals surface area contributed by atoms with Crippen molar-refractivity contribution >= 4 is 54.6 Å². The van der Waals surface area contributed by atoms with E-state index in [9.17, 15) is 0 Å². The Hall–Kier alpha value is -6.59. The first-order valence-corrected chi connectivity index (χ1v) is 15.9. The van der Waals surface area contributed by atoms with Gasteiger partial charge in [0.05, 0.1) is 0 Å². The molecule has 0 aliphatic heterocycles. The predicted molar refractivity (Wildman–Crippen MR) is 194 cm³/mol. The molecule has 0 aliphatic carbocycles. The highest BCUT2D eigenvalue weighted by Crippen LogP contribution is 2.40. The number of rotatable bonds is 4. The van der Waals surface area contributed by atoms with E-state index in [1.165, 1.54) is 0 Å². The molecule has 7 aromatic carbocycles. The number of hydrogen-bond donors (Lipinski definition) is 0. The average Bonchev–Trinajstić information content (AvgIpc) is 3.72. The lowest BCUT2D eigenvalue weighted by atomic mass is 9.97. The molecule has 10 aromatic rings. The van der Waals surface area contributed by atoms with Crippen molar-refractivity contribution in [3.63, 3.8) is 0 Å². The lowest BCUT2D eigenvalue weighted by molar-refractivity contribution is 0.669. The van der Waals surface area contributed by atoms with Crippen LogP contribution in [0, 0.1) is 0 Å². The molecule has 0 aliphatic rings. The Morgan fingerprint density at radius 2 is 1.00 bits per heavy atom. The van der Waals surface area contributed by atoms with Crippen LogP contribution >= 0.6 is 0 Å². The van der Waals surface area contributed by atoms with Crippen LogP contribution in [0.15, 0.2) is 160 Å². The number of para-hydroxylation sites is 2. The fourth-order valence-corrected chi connectivity index (χ4v) is 6.83. The number of furan rings is 2. The molecule has 0 radical (unpaired) electrons. The summed E-state index contributed by atoms with van der Waals surface area (Å²) >= 11 is 0.